The van der Waals surface area contributed by atoms with Gasteiger partial charge in [-0.2, -0.15) is 0 Å². The first kappa shape index (κ1) is 12.0. The van der Waals surface area contributed by atoms with E-state index in [4.69, 9.17) is 9.51 Å². The Kier molecular flexibility index (Phi) is 3.07. The van der Waals surface area contributed by atoms with Gasteiger partial charge in [0.05, 0.1) is 23.3 Å². The highest BCUT2D eigenvalue weighted by molar-refractivity contribution is 5.76. The van der Waals surface area contributed by atoms with Crippen molar-refractivity contribution in [2.45, 2.75) is 33.2 Å². The summed E-state index contributed by atoms with van der Waals surface area (Å²) in [6.07, 6.45) is 2.06. The lowest BCUT2D eigenvalue weighted by molar-refractivity contribution is 0.372. The van der Waals surface area contributed by atoms with Gasteiger partial charge >= 0.3 is 0 Å². The molecule has 0 N–H and O–H groups in total. The minimum atomic E-state index is 0.691. The molecule has 4 heteroatoms. The van der Waals surface area contributed by atoms with Gasteiger partial charge in [-0.25, -0.2) is 4.98 Å². The fourth-order valence-corrected chi connectivity index (χ4v) is 2.36. The van der Waals surface area contributed by atoms with Crippen LogP contribution in [0.3, 0.4) is 0 Å². The van der Waals surface area contributed by atoms with Gasteiger partial charge in [0.1, 0.15) is 5.82 Å². The van der Waals surface area contributed by atoms with E-state index in [9.17, 15) is 0 Å². The van der Waals surface area contributed by atoms with Gasteiger partial charge < -0.3 is 9.09 Å². The molecule has 0 amide bonds. The van der Waals surface area contributed by atoms with Gasteiger partial charge in [-0.05, 0) is 25.5 Å². The highest BCUT2D eigenvalue weighted by Crippen LogP contribution is 2.19. The summed E-state index contributed by atoms with van der Waals surface area (Å²) >= 11 is 0. The van der Waals surface area contributed by atoms with Crippen molar-refractivity contribution in [2.24, 2.45) is 0 Å². The molecule has 0 saturated carbocycles. The number of hydrogen-bond donors (Lipinski definition) is 0. The minimum Gasteiger partial charge on any atom is -0.359 e. The van der Waals surface area contributed by atoms with Crippen molar-refractivity contribution in [2.75, 3.05) is 0 Å². The number of benzene rings is 1. The molecule has 0 aliphatic rings. The molecule has 1 aromatic carbocycles. The summed E-state index contributed by atoms with van der Waals surface area (Å²) in [5.74, 6) is 1.98. The first-order valence-electron chi connectivity index (χ1n) is 6.64. The van der Waals surface area contributed by atoms with Crippen LogP contribution >= 0.6 is 0 Å². The lowest BCUT2D eigenvalue weighted by Crippen LogP contribution is -2.04. The smallest absolute Gasteiger partial charge is 0.156 e. The average molecular weight is 255 g/mol. The molecule has 0 unspecified atom stereocenters. The zero-order valence-corrected chi connectivity index (χ0v) is 11.3. The second-order valence-electron chi connectivity index (χ2n) is 4.79. The lowest BCUT2D eigenvalue weighted by atomic mass is 10.3. The summed E-state index contributed by atoms with van der Waals surface area (Å²) in [5, 5.41) is 3.94. The van der Waals surface area contributed by atoms with Crippen molar-refractivity contribution in [3.8, 4) is 0 Å². The molecule has 2 aromatic heterocycles. The van der Waals surface area contributed by atoms with Crippen molar-refractivity contribution in [3.05, 3.63) is 47.6 Å². The standard InChI is InChI=1S/C15H17N3O/c1-3-6-15-16-13-7-4-5-8-14(13)18(15)10-12-9-11(2)17-19-12/h4-5,7-9H,3,6,10H2,1-2H3. The number of para-hydroxylation sites is 2. The van der Waals surface area contributed by atoms with Crippen molar-refractivity contribution < 1.29 is 4.52 Å². The van der Waals surface area contributed by atoms with E-state index in [0.717, 1.165) is 41.2 Å². The molecule has 4 nitrogen and oxygen atoms in total. The van der Waals surface area contributed by atoms with Crippen molar-refractivity contribution in [1.29, 1.82) is 0 Å². The zero-order valence-electron chi connectivity index (χ0n) is 11.3. The first-order valence-corrected chi connectivity index (χ1v) is 6.64. The van der Waals surface area contributed by atoms with Gasteiger partial charge in [-0.1, -0.05) is 24.2 Å². The Labute approximate surface area is 112 Å². The molecule has 3 aromatic rings. The van der Waals surface area contributed by atoms with Crippen LogP contribution in [0.5, 0.6) is 0 Å². The SMILES string of the molecule is CCCc1nc2ccccc2n1Cc1cc(C)no1. The molecule has 0 fully saturated rings. The molecule has 0 bridgehead atoms. The third kappa shape index (κ3) is 2.26. The Bertz CT molecular complexity index is 696. The van der Waals surface area contributed by atoms with E-state index in [1.807, 2.05) is 25.1 Å². The van der Waals surface area contributed by atoms with Crippen LogP contribution in [-0.2, 0) is 13.0 Å². The average Bonchev–Trinajstić information content (AvgIpc) is 2.96. The molecule has 0 saturated heterocycles. The molecule has 0 radical (unpaired) electrons. The Morgan fingerprint density at radius 2 is 2.11 bits per heavy atom. The summed E-state index contributed by atoms with van der Waals surface area (Å²) in [6, 6.07) is 10.2. The molecule has 19 heavy (non-hydrogen) atoms. The van der Waals surface area contributed by atoms with E-state index in [1.165, 1.54) is 0 Å². The summed E-state index contributed by atoms with van der Waals surface area (Å²) in [7, 11) is 0. The largest absolute Gasteiger partial charge is 0.359 e. The van der Waals surface area contributed by atoms with Crippen molar-refractivity contribution in [1.82, 2.24) is 14.7 Å². The van der Waals surface area contributed by atoms with Crippen LogP contribution in [0.2, 0.25) is 0 Å². The molecule has 2 heterocycles. The highest BCUT2D eigenvalue weighted by Gasteiger charge is 2.11. The predicted molar refractivity (Wildman–Crippen MR) is 74.1 cm³/mol. The van der Waals surface area contributed by atoms with Gasteiger partial charge in [0.25, 0.3) is 0 Å². The Balaban J connectivity index is 2.06. The number of hydrogen-bond acceptors (Lipinski definition) is 3. The molecule has 0 spiro atoms. The van der Waals surface area contributed by atoms with E-state index in [0.29, 0.717) is 6.54 Å². The van der Waals surface area contributed by atoms with E-state index in [2.05, 4.69) is 28.8 Å². The fourth-order valence-electron chi connectivity index (χ4n) is 2.36. The van der Waals surface area contributed by atoms with Crippen LogP contribution < -0.4 is 0 Å². The summed E-state index contributed by atoms with van der Waals surface area (Å²) in [4.78, 5) is 4.71. The Hall–Kier alpha value is -2.10. The predicted octanol–water partition coefficient (Wildman–Crippen LogP) is 3.33. The summed E-state index contributed by atoms with van der Waals surface area (Å²) < 4.78 is 7.54. The topological polar surface area (TPSA) is 43.9 Å². The Morgan fingerprint density at radius 3 is 2.84 bits per heavy atom. The molecular weight excluding hydrogens is 238 g/mol. The van der Waals surface area contributed by atoms with Crippen molar-refractivity contribution >= 4 is 11.0 Å². The number of rotatable bonds is 4. The van der Waals surface area contributed by atoms with Crippen LogP contribution in [0.25, 0.3) is 11.0 Å². The molecule has 0 atom stereocenters. The number of fused-ring (bicyclic) bond motifs is 1. The highest BCUT2D eigenvalue weighted by atomic mass is 16.5. The Morgan fingerprint density at radius 1 is 1.26 bits per heavy atom. The van der Waals surface area contributed by atoms with E-state index >= 15 is 0 Å². The van der Waals surface area contributed by atoms with Gasteiger partial charge in [0, 0.05) is 12.5 Å². The fraction of sp³-hybridized carbons (Fsp3) is 0.333. The lowest BCUT2D eigenvalue weighted by Gasteiger charge is -2.05. The number of nitrogens with zero attached hydrogens (tertiary/aromatic N) is 3. The zero-order chi connectivity index (χ0) is 13.2. The minimum absolute atomic E-state index is 0.691. The molecular formula is C15H17N3O. The van der Waals surface area contributed by atoms with Crippen LogP contribution in [-0.4, -0.2) is 14.7 Å². The van der Waals surface area contributed by atoms with Gasteiger partial charge in [0.15, 0.2) is 5.76 Å². The van der Waals surface area contributed by atoms with Gasteiger partial charge in [-0.3, -0.25) is 0 Å². The third-order valence-corrected chi connectivity index (χ3v) is 3.20. The number of imidazole rings is 1. The number of aryl methyl sites for hydroxylation is 2. The first-order chi connectivity index (χ1) is 9.28. The second-order valence-corrected chi connectivity index (χ2v) is 4.79. The van der Waals surface area contributed by atoms with E-state index in [1.54, 1.807) is 0 Å². The second kappa shape index (κ2) is 4.88. The maximum absolute atomic E-state index is 5.32. The quantitative estimate of drug-likeness (QED) is 0.718. The normalized spacial score (nSPS) is 11.3. The van der Waals surface area contributed by atoms with Crippen LogP contribution in [0, 0.1) is 6.92 Å². The van der Waals surface area contributed by atoms with E-state index < -0.39 is 0 Å². The molecule has 0 aliphatic carbocycles. The summed E-state index contributed by atoms with van der Waals surface area (Å²) in [6.45, 7) is 4.80. The summed E-state index contributed by atoms with van der Waals surface area (Å²) in [5.41, 5.74) is 3.11. The van der Waals surface area contributed by atoms with Crippen LogP contribution in [0.1, 0.15) is 30.6 Å². The maximum atomic E-state index is 5.32. The van der Waals surface area contributed by atoms with Crippen LogP contribution in [0.15, 0.2) is 34.9 Å². The molecule has 0 aliphatic heterocycles. The molecule has 3 rings (SSSR count). The maximum Gasteiger partial charge on any atom is 0.156 e. The van der Waals surface area contributed by atoms with Gasteiger partial charge in [0.2, 0.25) is 0 Å². The van der Waals surface area contributed by atoms with Crippen molar-refractivity contribution in [3.63, 3.8) is 0 Å². The third-order valence-electron chi connectivity index (χ3n) is 3.20. The molecule has 98 valence electrons. The number of aromatic nitrogens is 3. The van der Waals surface area contributed by atoms with Crippen LogP contribution in [0.4, 0.5) is 0 Å². The monoisotopic (exact) mass is 255 g/mol. The van der Waals surface area contributed by atoms with E-state index in [-0.39, 0.29) is 0 Å². The van der Waals surface area contributed by atoms with Gasteiger partial charge in [-0.15, -0.1) is 0 Å².